The molecule has 28 heavy (non-hydrogen) atoms. The van der Waals surface area contributed by atoms with Crippen LogP contribution in [0, 0.1) is 0 Å². The molecule has 0 aliphatic carbocycles. The van der Waals surface area contributed by atoms with Crippen molar-refractivity contribution in [3.63, 3.8) is 0 Å². The first-order chi connectivity index (χ1) is 12.7. The normalized spacial score (nSPS) is 10.0. The minimum absolute atomic E-state index is 0. The molecule has 0 aliphatic heterocycles. The molecule has 0 aliphatic rings. The van der Waals surface area contributed by atoms with E-state index >= 15 is 0 Å². The zero-order valence-corrected chi connectivity index (χ0v) is 19.5. The third kappa shape index (κ3) is 8.74. The molecule has 2 aromatic rings. The lowest BCUT2D eigenvalue weighted by molar-refractivity contribution is 0.282. The van der Waals surface area contributed by atoms with Gasteiger partial charge in [-0.15, -0.1) is 24.8 Å². The van der Waals surface area contributed by atoms with Crippen LogP contribution < -0.4 is 20.1 Å². The van der Waals surface area contributed by atoms with Gasteiger partial charge >= 0.3 is 0 Å². The summed E-state index contributed by atoms with van der Waals surface area (Å²) in [5.74, 6) is 1.32. The number of hydrogen-bond donors (Lipinski definition) is 3. The van der Waals surface area contributed by atoms with Gasteiger partial charge in [-0.1, -0.05) is 29.8 Å². The first kappa shape index (κ1) is 27.3. The predicted molar refractivity (Wildman–Crippen MR) is 123 cm³/mol. The van der Waals surface area contributed by atoms with E-state index in [2.05, 4.69) is 26.6 Å². The van der Waals surface area contributed by atoms with Crippen molar-refractivity contribution in [3.05, 3.63) is 57.0 Å². The van der Waals surface area contributed by atoms with Gasteiger partial charge in [0.15, 0.2) is 11.5 Å². The Morgan fingerprint density at radius 3 is 2.46 bits per heavy atom. The van der Waals surface area contributed by atoms with Gasteiger partial charge in [0.1, 0.15) is 6.61 Å². The van der Waals surface area contributed by atoms with E-state index in [1.807, 2.05) is 36.4 Å². The molecule has 0 amide bonds. The topological polar surface area (TPSA) is 62.8 Å². The van der Waals surface area contributed by atoms with Crippen molar-refractivity contribution >= 4 is 52.3 Å². The summed E-state index contributed by atoms with van der Waals surface area (Å²) in [7, 11) is 1.63. The standard InChI is InChI=1S/C19H24BrClN2O3.2ClH/c1-25-18-11-14(12-23-7-6-22-8-9-24)10-16(20)19(18)26-13-15-4-2-3-5-17(15)21;;/h2-5,10-11,22-24H,6-9,12-13H2,1H3;2*1H. The number of nitrogens with one attached hydrogen (secondary N) is 2. The van der Waals surface area contributed by atoms with E-state index in [1.165, 1.54) is 0 Å². The lowest BCUT2D eigenvalue weighted by Crippen LogP contribution is -2.28. The van der Waals surface area contributed by atoms with Gasteiger partial charge in [0.05, 0.1) is 18.2 Å². The monoisotopic (exact) mass is 514 g/mol. The number of halogens is 4. The van der Waals surface area contributed by atoms with Crippen LogP contribution in [0.5, 0.6) is 11.5 Å². The molecule has 5 nitrogen and oxygen atoms in total. The van der Waals surface area contributed by atoms with Crippen molar-refractivity contribution in [2.45, 2.75) is 13.2 Å². The Balaban J connectivity index is 0.00000364. The average Bonchev–Trinajstić information content (AvgIpc) is 2.64. The van der Waals surface area contributed by atoms with E-state index in [9.17, 15) is 0 Å². The van der Waals surface area contributed by atoms with E-state index in [4.69, 9.17) is 26.2 Å². The smallest absolute Gasteiger partial charge is 0.175 e. The molecule has 2 rings (SSSR count). The molecule has 0 radical (unpaired) electrons. The Morgan fingerprint density at radius 1 is 1.07 bits per heavy atom. The second-order valence-corrected chi connectivity index (χ2v) is 6.90. The zero-order valence-electron chi connectivity index (χ0n) is 15.5. The Kier molecular flexibility index (Phi) is 14.8. The van der Waals surface area contributed by atoms with Crippen LogP contribution in [0.4, 0.5) is 0 Å². The number of hydrogen-bond acceptors (Lipinski definition) is 5. The van der Waals surface area contributed by atoms with Crippen molar-refractivity contribution in [3.8, 4) is 11.5 Å². The quantitative estimate of drug-likeness (QED) is 0.391. The number of rotatable bonds is 11. The van der Waals surface area contributed by atoms with E-state index in [1.54, 1.807) is 7.11 Å². The molecule has 3 N–H and O–H groups in total. The molecule has 0 spiro atoms. The summed E-state index contributed by atoms with van der Waals surface area (Å²) in [5.41, 5.74) is 2.00. The fourth-order valence-electron chi connectivity index (χ4n) is 2.39. The predicted octanol–water partition coefficient (Wildman–Crippen LogP) is 4.21. The molecule has 0 bridgehead atoms. The second-order valence-electron chi connectivity index (χ2n) is 5.64. The molecule has 9 heteroatoms. The highest BCUT2D eigenvalue weighted by Crippen LogP contribution is 2.37. The van der Waals surface area contributed by atoms with Crippen molar-refractivity contribution in [2.75, 3.05) is 33.4 Å². The summed E-state index contributed by atoms with van der Waals surface area (Å²) < 4.78 is 12.3. The summed E-state index contributed by atoms with van der Waals surface area (Å²) in [6.45, 7) is 3.45. The van der Waals surface area contributed by atoms with Crippen LogP contribution in [0.3, 0.4) is 0 Å². The largest absolute Gasteiger partial charge is 0.493 e. The van der Waals surface area contributed by atoms with Crippen LogP contribution in [-0.4, -0.2) is 38.5 Å². The maximum atomic E-state index is 8.73. The molecule has 0 saturated heterocycles. The van der Waals surface area contributed by atoms with Gasteiger partial charge in [0.25, 0.3) is 0 Å². The van der Waals surface area contributed by atoms with Gasteiger partial charge in [-0.05, 0) is 39.7 Å². The molecule has 0 unspecified atom stereocenters. The second kappa shape index (κ2) is 15.2. The van der Waals surface area contributed by atoms with Crippen LogP contribution in [-0.2, 0) is 13.2 Å². The number of ether oxygens (including phenoxy) is 2. The highest BCUT2D eigenvalue weighted by Gasteiger charge is 2.12. The van der Waals surface area contributed by atoms with E-state index < -0.39 is 0 Å². The Bertz CT molecular complexity index is 708. The molecule has 0 fully saturated rings. The fourth-order valence-corrected chi connectivity index (χ4v) is 3.19. The molecule has 0 saturated carbocycles. The third-order valence-corrected chi connectivity index (χ3v) is 4.67. The summed E-state index contributed by atoms with van der Waals surface area (Å²) >= 11 is 9.75. The van der Waals surface area contributed by atoms with Gasteiger partial charge in [-0.2, -0.15) is 0 Å². The summed E-state index contributed by atoms with van der Waals surface area (Å²) in [6.07, 6.45) is 0. The van der Waals surface area contributed by atoms with Gasteiger partial charge in [0, 0.05) is 36.8 Å². The summed E-state index contributed by atoms with van der Waals surface area (Å²) in [5, 5.41) is 15.9. The van der Waals surface area contributed by atoms with Crippen LogP contribution in [0.1, 0.15) is 11.1 Å². The van der Waals surface area contributed by atoms with Gasteiger partial charge < -0.3 is 25.2 Å². The SMILES string of the molecule is COc1cc(CNCCNCCO)cc(Br)c1OCc1ccccc1Cl.Cl.Cl. The van der Waals surface area contributed by atoms with Crippen LogP contribution >= 0.6 is 52.3 Å². The zero-order chi connectivity index (χ0) is 18.8. The Hall–Kier alpha value is -0.730. The van der Waals surface area contributed by atoms with Crippen molar-refractivity contribution in [1.82, 2.24) is 10.6 Å². The molecule has 158 valence electrons. The van der Waals surface area contributed by atoms with Crippen molar-refractivity contribution in [2.24, 2.45) is 0 Å². The first-order valence-corrected chi connectivity index (χ1v) is 9.57. The first-order valence-electron chi connectivity index (χ1n) is 8.40. The Labute approximate surface area is 192 Å². The third-order valence-electron chi connectivity index (χ3n) is 3.72. The molecule has 0 aromatic heterocycles. The van der Waals surface area contributed by atoms with Crippen LogP contribution in [0.25, 0.3) is 0 Å². The number of aliphatic hydroxyl groups is 1. The summed E-state index contributed by atoms with van der Waals surface area (Å²) in [4.78, 5) is 0. The lowest BCUT2D eigenvalue weighted by atomic mass is 10.2. The Morgan fingerprint density at radius 2 is 1.79 bits per heavy atom. The molecular formula is C19H26BrCl3N2O3. The van der Waals surface area contributed by atoms with E-state index in [-0.39, 0.29) is 31.4 Å². The maximum absolute atomic E-state index is 8.73. The number of benzene rings is 2. The van der Waals surface area contributed by atoms with E-state index in [0.29, 0.717) is 36.2 Å². The fraction of sp³-hybridized carbons (Fsp3) is 0.368. The van der Waals surface area contributed by atoms with Crippen molar-refractivity contribution < 1.29 is 14.6 Å². The minimum Gasteiger partial charge on any atom is -0.493 e. The molecule has 0 atom stereocenters. The van der Waals surface area contributed by atoms with Gasteiger partial charge in [0.2, 0.25) is 0 Å². The van der Waals surface area contributed by atoms with Gasteiger partial charge in [-0.3, -0.25) is 0 Å². The van der Waals surface area contributed by atoms with Gasteiger partial charge in [-0.25, -0.2) is 0 Å². The number of methoxy groups -OCH3 is 1. The van der Waals surface area contributed by atoms with Crippen LogP contribution in [0.15, 0.2) is 40.9 Å². The lowest BCUT2D eigenvalue weighted by Gasteiger charge is -2.15. The molecule has 0 heterocycles. The van der Waals surface area contributed by atoms with Crippen molar-refractivity contribution in [1.29, 1.82) is 0 Å². The summed E-state index contributed by atoms with van der Waals surface area (Å²) in [6, 6.07) is 11.6. The molecule has 2 aromatic carbocycles. The minimum atomic E-state index is 0. The van der Waals surface area contributed by atoms with Crippen LogP contribution in [0.2, 0.25) is 5.02 Å². The van der Waals surface area contributed by atoms with E-state index in [0.717, 1.165) is 28.7 Å². The molecular weight excluding hydrogens is 490 g/mol. The highest BCUT2D eigenvalue weighted by atomic mass is 79.9. The highest BCUT2D eigenvalue weighted by molar-refractivity contribution is 9.10. The maximum Gasteiger partial charge on any atom is 0.175 e. The average molecular weight is 517 g/mol. The number of aliphatic hydroxyl groups excluding tert-OH is 1.